The molecule has 1 aliphatic rings. The molecule has 1 aromatic rings. The molecule has 1 heterocycles. The van der Waals surface area contributed by atoms with Crippen molar-refractivity contribution in [3.05, 3.63) is 28.5 Å². The summed E-state index contributed by atoms with van der Waals surface area (Å²) in [5, 5.41) is 9.12. The summed E-state index contributed by atoms with van der Waals surface area (Å²) in [5.41, 5.74) is -0.976. The smallest absolute Gasteiger partial charge is 0.244 e. The molecule has 118 valence electrons. The Bertz CT molecular complexity index is 652. The lowest BCUT2D eigenvalue weighted by Crippen LogP contribution is -2.50. The lowest BCUT2D eigenvalue weighted by atomic mass is 9.97. The third kappa shape index (κ3) is 3.22. The highest BCUT2D eigenvalue weighted by molar-refractivity contribution is 7.89. The monoisotopic (exact) mass is 337 g/mol. The molecule has 2 atom stereocenters. The Labute approximate surface area is 128 Å². The van der Waals surface area contributed by atoms with E-state index in [9.17, 15) is 12.8 Å². The molecule has 0 saturated carbocycles. The van der Waals surface area contributed by atoms with E-state index in [1.165, 1.54) is 6.07 Å². The normalized spacial score (nSPS) is 26.2. The molecule has 2 rings (SSSR count). The third-order valence-electron chi connectivity index (χ3n) is 3.79. The first-order valence-electron chi connectivity index (χ1n) is 6.44. The van der Waals surface area contributed by atoms with Gasteiger partial charge in [0.2, 0.25) is 10.0 Å². The lowest BCUT2D eigenvalue weighted by Gasteiger charge is -2.28. The van der Waals surface area contributed by atoms with Crippen LogP contribution in [0.5, 0.6) is 0 Å². The number of aliphatic hydroxyl groups excluding tert-OH is 1. The van der Waals surface area contributed by atoms with Gasteiger partial charge in [-0.25, -0.2) is 17.5 Å². The second-order valence-electron chi connectivity index (χ2n) is 5.32. The Kier molecular flexibility index (Phi) is 4.60. The van der Waals surface area contributed by atoms with E-state index in [-0.39, 0.29) is 16.7 Å². The zero-order valence-electron chi connectivity index (χ0n) is 11.7. The van der Waals surface area contributed by atoms with Gasteiger partial charge in [-0.15, -0.1) is 0 Å². The van der Waals surface area contributed by atoms with Crippen LogP contribution in [0.15, 0.2) is 17.0 Å². The lowest BCUT2D eigenvalue weighted by molar-refractivity contribution is 0.0957. The van der Waals surface area contributed by atoms with Gasteiger partial charge in [-0.1, -0.05) is 11.6 Å². The second-order valence-corrected chi connectivity index (χ2v) is 7.41. The number of hydrogen-bond donors (Lipinski definition) is 2. The first-order chi connectivity index (χ1) is 9.69. The molecule has 8 heteroatoms. The maximum absolute atomic E-state index is 14.2. The van der Waals surface area contributed by atoms with Crippen LogP contribution >= 0.6 is 11.6 Å². The van der Waals surface area contributed by atoms with Crippen molar-refractivity contribution in [2.75, 3.05) is 6.61 Å². The number of sulfonamides is 1. The highest BCUT2D eigenvalue weighted by atomic mass is 35.5. The number of aliphatic hydroxyl groups is 1. The molecule has 0 radical (unpaired) electrons. The molecule has 0 bridgehead atoms. The van der Waals surface area contributed by atoms with Gasteiger partial charge >= 0.3 is 0 Å². The Morgan fingerprint density at radius 2 is 2.24 bits per heavy atom. The van der Waals surface area contributed by atoms with Crippen LogP contribution in [0, 0.1) is 5.82 Å². The predicted molar refractivity (Wildman–Crippen MR) is 76.1 cm³/mol. The summed E-state index contributed by atoms with van der Waals surface area (Å²) in [5.74, 6) is -0.996. The van der Waals surface area contributed by atoms with Crippen LogP contribution in [0.4, 0.5) is 4.39 Å². The van der Waals surface area contributed by atoms with Gasteiger partial charge in [0.1, 0.15) is 10.7 Å². The molecule has 5 nitrogen and oxygen atoms in total. The van der Waals surface area contributed by atoms with E-state index in [0.29, 0.717) is 13.0 Å². The Morgan fingerprint density at radius 3 is 2.76 bits per heavy atom. The van der Waals surface area contributed by atoms with Crippen LogP contribution in [0.1, 0.15) is 25.8 Å². The summed E-state index contributed by atoms with van der Waals surface area (Å²) in [6, 6.07) is 2.22. The molecule has 0 aliphatic carbocycles. The summed E-state index contributed by atoms with van der Waals surface area (Å²) < 4.78 is 46.9. The summed E-state index contributed by atoms with van der Waals surface area (Å²) in [7, 11) is -4.12. The highest BCUT2D eigenvalue weighted by Gasteiger charge is 2.41. The number of rotatable bonds is 4. The van der Waals surface area contributed by atoms with E-state index in [0.717, 1.165) is 6.07 Å². The molecule has 21 heavy (non-hydrogen) atoms. The van der Waals surface area contributed by atoms with Crippen LogP contribution in [-0.2, 0) is 21.4 Å². The topological polar surface area (TPSA) is 75.6 Å². The fraction of sp³-hybridized carbons (Fsp3) is 0.538. The van der Waals surface area contributed by atoms with Gasteiger partial charge in [0.15, 0.2) is 0 Å². The summed E-state index contributed by atoms with van der Waals surface area (Å²) in [4.78, 5) is -0.570. The highest BCUT2D eigenvalue weighted by Crippen LogP contribution is 2.29. The number of ether oxygens (including phenoxy) is 1. The minimum Gasteiger partial charge on any atom is -0.392 e. The van der Waals surface area contributed by atoms with Crippen LogP contribution in [0.2, 0.25) is 5.02 Å². The minimum absolute atomic E-state index is 0.0432. The van der Waals surface area contributed by atoms with E-state index < -0.39 is 32.9 Å². The fourth-order valence-corrected chi connectivity index (χ4v) is 4.21. The van der Waals surface area contributed by atoms with E-state index in [1.807, 2.05) is 0 Å². The maximum Gasteiger partial charge on any atom is 0.244 e. The fourth-order valence-electron chi connectivity index (χ4n) is 2.26. The Balaban J connectivity index is 2.43. The van der Waals surface area contributed by atoms with Gasteiger partial charge in [0.05, 0.1) is 18.2 Å². The largest absolute Gasteiger partial charge is 0.392 e. The molecule has 1 aliphatic heterocycles. The van der Waals surface area contributed by atoms with Gasteiger partial charge in [0, 0.05) is 17.2 Å². The van der Waals surface area contributed by atoms with E-state index in [2.05, 4.69) is 4.72 Å². The van der Waals surface area contributed by atoms with Gasteiger partial charge < -0.3 is 9.84 Å². The van der Waals surface area contributed by atoms with Crippen LogP contribution in [0.25, 0.3) is 0 Å². The third-order valence-corrected chi connectivity index (χ3v) is 5.62. The van der Waals surface area contributed by atoms with Crippen LogP contribution < -0.4 is 4.72 Å². The van der Waals surface area contributed by atoms with Crippen LogP contribution in [0.3, 0.4) is 0 Å². The van der Waals surface area contributed by atoms with Crippen LogP contribution in [-0.4, -0.2) is 31.8 Å². The molecule has 1 saturated heterocycles. The zero-order chi connectivity index (χ0) is 15.8. The van der Waals surface area contributed by atoms with Gasteiger partial charge in [-0.05, 0) is 32.4 Å². The predicted octanol–water partition coefficient (Wildman–Crippen LogP) is 1.82. The molecule has 1 fully saturated rings. The van der Waals surface area contributed by atoms with Crippen molar-refractivity contribution in [1.29, 1.82) is 0 Å². The molecular weight excluding hydrogens is 321 g/mol. The number of hydrogen-bond acceptors (Lipinski definition) is 4. The van der Waals surface area contributed by atoms with Crippen molar-refractivity contribution in [2.24, 2.45) is 0 Å². The molecule has 0 spiro atoms. The number of benzene rings is 1. The molecule has 0 amide bonds. The number of halogens is 2. The van der Waals surface area contributed by atoms with Crippen molar-refractivity contribution in [1.82, 2.24) is 4.72 Å². The molecule has 2 N–H and O–H groups in total. The maximum atomic E-state index is 14.2. The molecule has 1 aromatic carbocycles. The average molecular weight is 338 g/mol. The van der Waals surface area contributed by atoms with Gasteiger partial charge in [0.25, 0.3) is 0 Å². The standard InChI is InChI=1S/C13H17ClFNO4S/c1-8-13(2,3-4-20-8)16-21(18,19)11-6-10(14)5-9(7-17)12(11)15/h5-6,8,16-17H,3-4,7H2,1-2H3. The SMILES string of the molecule is CC1OCCC1(C)NS(=O)(=O)c1cc(Cl)cc(CO)c1F. The number of nitrogens with one attached hydrogen (secondary N) is 1. The molecule has 0 aromatic heterocycles. The van der Waals surface area contributed by atoms with Crippen molar-refractivity contribution in [3.63, 3.8) is 0 Å². The summed E-state index contributed by atoms with van der Waals surface area (Å²) in [6.07, 6.45) is 0.162. The van der Waals surface area contributed by atoms with Crippen molar-refractivity contribution in [3.8, 4) is 0 Å². The molecular formula is C13H17ClFNO4S. The Hall–Kier alpha value is -0.730. The second kappa shape index (κ2) is 5.81. The average Bonchev–Trinajstić information content (AvgIpc) is 2.70. The Morgan fingerprint density at radius 1 is 1.57 bits per heavy atom. The summed E-state index contributed by atoms with van der Waals surface area (Å²) >= 11 is 5.79. The van der Waals surface area contributed by atoms with E-state index >= 15 is 0 Å². The zero-order valence-corrected chi connectivity index (χ0v) is 13.3. The van der Waals surface area contributed by atoms with Crippen molar-refractivity contribution >= 4 is 21.6 Å². The van der Waals surface area contributed by atoms with Crippen molar-refractivity contribution < 1.29 is 22.7 Å². The summed E-state index contributed by atoms with van der Waals surface area (Å²) in [6.45, 7) is 3.26. The molecule has 2 unspecified atom stereocenters. The minimum atomic E-state index is -4.12. The van der Waals surface area contributed by atoms with Gasteiger partial charge in [-0.3, -0.25) is 0 Å². The van der Waals surface area contributed by atoms with Crippen molar-refractivity contribution in [2.45, 2.75) is 43.4 Å². The van der Waals surface area contributed by atoms with Gasteiger partial charge in [-0.2, -0.15) is 0 Å². The van der Waals surface area contributed by atoms with E-state index in [1.54, 1.807) is 13.8 Å². The first kappa shape index (κ1) is 16.6. The first-order valence-corrected chi connectivity index (χ1v) is 8.30. The van der Waals surface area contributed by atoms with E-state index in [4.69, 9.17) is 21.4 Å². The quantitative estimate of drug-likeness (QED) is 0.878.